The fourth-order valence-electron chi connectivity index (χ4n) is 3.03. The monoisotopic (exact) mass is 327 g/mol. The van der Waals surface area contributed by atoms with Gasteiger partial charge in [-0.15, -0.1) is 21.5 Å². The molecule has 23 heavy (non-hydrogen) atoms. The third-order valence-corrected chi connectivity index (χ3v) is 5.06. The minimum absolute atomic E-state index is 0.0279. The number of aryl methyl sites for hydroxylation is 2. The molecule has 0 spiro atoms. The molecule has 1 N–H and O–H groups in total. The van der Waals surface area contributed by atoms with Gasteiger partial charge in [-0.2, -0.15) is 0 Å². The lowest BCUT2D eigenvalue weighted by molar-refractivity contribution is 0.0927. The van der Waals surface area contributed by atoms with Gasteiger partial charge in [-0.05, 0) is 24.6 Å². The van der Waals surface area contributed by atoms with Gasteiger partial charge in [0.15, 0.2) is 0 Å². The number of carbonyl (C=O) groups is 1. The molecule has 1 aromatic carbocycles. The van der Waals surface area contributed by atoms with E-state index in [1.807, 2.05) is 18.2 Å². The average Bonchev–Trinajstić information content (AvgIpc) is 3.20. The van der Waals surface area contributed by atoms with Crippen LogP contribution in [0.1, 0.15) is 35.4 Å². The van der Waals surface area contributed by atoms with Gasteiger partial charge in [0.25, 0.3) is 5.91 Å². The Morgan fingerprint density at radius 1 is 1.43 bits per heavy atom. The van der Waals surface area contributed by atoms with E-state index in [-0.39, 0.29) is 11.9 Å². The van der Waals surface area contributed by atoms with Gasteiger partial charge in [0.2, 0.25) is 0 Å². The molecule has 3 heterocycles. The summed E-state index contributed by atoms with van der Waals surface area (Å²) in [5, 5.41) is 11.6. The maximum atomic E-state index is 12.5. The van der Waals surface area contributed by atoms with E-state index in [1.165, 1.54) is 0 Å². The zero-order valence-electron chi connectivity index (χ0n) is 12.8. The molecular weight excluding hydrogens is 310 g/mol. The second-order valence-corrected chi connectivity index (χ2v) is 6.63. The number of nitrogens with zero attached hydrogens (tertiary/aromatic N) is 4. The Morgan fingerprint density at radius 3 is 3.22 bits per heavy atom. The topological polar surface area (TPSA) is 72.7 Å². The molecule has 0 unspecified atom stereocenters. The van der Waals surface area contributed by atoms with Crippen LogP contribution in [-0.2, 0) is 19.4 Å². The van der Waals surface area contributed by atoms with E-state index in [2.05, 4.69) is 32.0 Å². The average molecular weight is 327 g/mol. The van der Waals surface area contributed by atoms with E-state index in [0.29, 0.717) is 5.56 Å². The highest BCUT2D eigenvalue weighted by atomic mass is 32.1. The summed E-state index contributed by atoms with van der Waals surface area (Å²) in [4.78, 5) is 16.8. The van der Waals surface area contributed by atoms with Crippen molar-refractivity contribution in [3.63, 3.8) is 0 Å². The van der Waals surface area contributed by atoms with Crippen LogP contribution in [0.25, 0.3) is 10.2 Å². The minimum Gasteiger partial charge on any atom is -0.347 e. The van der Waals surface area contributed by atoms with Gasteiger partial charge in [0.05, 0.1) is 15.7 Å². The van der Waals surface area contributed by atoms with Gasteiger partial charge in [-0.1, -0.05) is 6.92 Å². The Labute approximate surface area is 137 Å². The van der Waals surface area contributed by atoms with Gasteiger partial charge >= 0.3 is 0 Å². The predicted octanol–water partition coefficient (Wildman–Crippen LogP) is 2.19. The van der Waals surface area contributed by atoms with Crippen molar-refractivity contribution in [2.75, 3.05) is 0 Å². The lowest BCUT2D eigenvalue weighted by Crippen LogP contribution is -2.41. The number of amides is 1. The van der Waals surface area contributed by atoms with Crippen LogP contribution < -0.4 is 5.32 Å². The number of nitrogens with one attached hydrogen (secondary N) is 1. The first-order valence-electron chi connectivity index (χ1n) is 7.79. The fraction of sp³-hybridized carbons (Fsp3) is 0.375. The van der Waals surface area contributed by atoms with Crippen molar-refractivity contribution in [3.05, 3.63) is 40.9 Å². The molecule has 1 aliphatic heterocycles. The van der Waals surface area contributed by atoms with Crippen molar-refractivity contribution in [3.8, 4) is 0 Å². The van der Waals surface area contributed by atoms with Crippen molar-refractivity contribution in [2.45, 2.75) is 38.8 Å². The first-order chi connectivity index (χ1) is 11.2. The zero-order chi connectivity index (χ0) is 15.8. The molecule has 118 valence electrons. The van der Waals surface area contributed by atoms with Crippen molar-refractivity contribution in [1.82, 2.24) is 25.1 Å². The lowest BCUT2D eigenvalue weighted by atomic mass is 10.1. The predicted molar refractivity (Wildman–Crippen MR) is 88.6 cm³/mol. The third-order valence-electron chi connectivity index (χ3n) is 4.27. The number of benzene rings is 1. The molecule has 1 aliphatic rings. The number of fused-ring (bicyclic) bond motifs is 2. The molecule has 1 amide bonds. The van der Waals surface area contributed by atoms with Crippen molar-refractivity contribution >= 4 is 27.5 Å². The molecule has 0 aliphatic carbocycles. The van der Waals surface area contributed by atoms with Crippen LogP contribution in [0.5, 0.6) is 0 Å². The van der Waals surface area contributed by atoms with E-state index >= 15 is 0 Å². The van der Waals surface area contributed by atoms with Crippen LogP contribution in [0.4, 0.5) is 0 Å². The molecule has 0 radical (unpaired) electrons. The summed E-state index contributed by atoms with van der Waals surface area (Å²) in [5.41, 5.74) is 3.42. The Balaban J connectivity index is 1.50. The maximum Gasteiger partial charge on any atom is 0.251 e. The summed E-state index contributed by atoms with van der Waals surface area (Å²) >= 11 is 1.55. The first kappa shape index (κ1) is 14.3. The van der Waals surface area contributed by atoms with Crippen molar-refractivity contribution in [1.29, 1.82) is 0 Å². The molecule has 0 saturated carbocycles. The Kier molecular flexibility index (Phi) is 3.57. The summed E-state index contributed by atoms with van der Waals surface area (Å²) in [6.45, 7) is 2.82. The van der Waals surface area contributed by atoms with Crippen LogP contribution in [0.15, 0.2) is 23.7 Å². The van der Waals surface area contributed by atoms with E-state index in [0.717, 1.165) is 47.7 Å². The first-order valence-corrected chi connectivity index (χ1v) is 8.67. The van der Waals surface area contributed by atoms with E-state index in [1.54, 1.807) is 16.8 Å². The fourth-order valence-corrected chi connectivity index (χ4v) is 3.74. The Morgan fingerprint density at radius 2 is 2.35 bits per heavy atom. The SMILES string of the molecule is CCc1nnc2n1C[C@@H](NC(=O)c1ccc3ncsc3c1)CC2. The summed E-state index contributed by atoms with van der Waals surface area (Å²) in [5.74, 6) is 1.99. The number of hydrogen-bond donors (Lipinski definition) is 1. The van der Waals surface area contributed by atoms with Gasteiger partial charge in [0, 0.05) is 31.0 Å². The van der Waals surface area contributed by atoms with Gasteiger partial charge in [-0.25, -0.2) is 4.98 Å². The lowest BCUT2D eigenvalue weighted by Gasteiger charge is -2.25. The molecule has 1 atom stereocenters. The normalized spacial score (nSPS) is 17.2. The van der Waals surface area contributed by atoms with E-state index in [9.17, 15) is 4.79 Å². The molecule has 7 heteroatoms. The highest BCUT2D eigenvalue weighted by molar-refractivity contribution is 7.16. The van der Waals surface area contributed by atoms with Crippen LogP contribution in [0, 0.1) is 0 Å². The molecular formula is C16H17N5OS. The molecule has 2 aromatic heterocycles. The molecule has 6 nitrogen and oxygen atoms in total. The van der Waals surface area contributed by atoms with Crippen molar-refractivity contribution in [2.24, 2.45) is 0 Å². The summed E-state index contributed by atoms with van der Waals surface area (Å²) < 4.78 is 3.18. The molecule has 4 rings (SSSR count). The van der Waals surface area contributed by atoms with E-state index < -0.39 is 0 Å². The van der Waals surface area contributed by atoms with Crippen LogP contribution in [0.2, 0.25) is 0 Å². The molecule has 0 bridgehead atoms. The highest BCUT2D eigenvalue weighted by Crippen LogP contribution is 2.20. The van der Waals surface area contributed by atoms with Crippen LogP contribution in [-0.4, -0.2) is 31.7 Å². The number of thiazole rings is 1. The summed E-state index contributed by atoms with van der Waals surface area (Å²) in [7, 11) is 0. The smallest absolute Gasteiger partial charge is 0.251 e. The van der Waals surface area contributed by atoms with E-state index in [4.69, 9.17) is 0 Å². The number of rotatable bonds is 3. The van der Waals surface area contributed by atoms with Crippen LogP contribution in [0.3, 0.4) is 0 Å². The molecule has 0 saturated heterocycles. The summed E-state index contributed by atoms with van der Waals surface area (Å²) in [6, 6.07) is 5.76. The second-order valence-electron chi connectivity index (χ2n) is 5.74. The third kappa shape index (κ3) is 2.61. The number of aromatic nitrogens is 4. The Hall–Kier alpha value is -2.28. The largest absolute Gasteiger partial charge is 0.347 e. The van der Waals surface area contributed by atoms with Gasteiger partial charge < -0.3 is 9.88 Å². The van der Waals surface area contributed by atoms with Crippen molar-refractivity contribution < 1.29 is 4.79 Å². The molecule has 3 aromatic rings. The van der Waals surface area contributed by atoms with Gasteiger partial charge in [0.1, 0.15) is 11.6 Å². The van der Waals surface area contributed by atoms with Crippen LogP contribution >= 0.6 is 11.3 Å². The molecule has 0 fully saturated rings. The van der Waals surface area contributed by atoms with Gasteiger partial charge in [-0.3, -0.25) is 4.79 Å². The zero-order valence-corrected chi connectivity index (χ0v) is 13.6. The summed E-state index contributed by atoms with van der Waals surface area (Å²) in [6.07, 6.45) is 2.61. The minimum atomic E-state index is -0.0279. The second kappa shape index (κ2) is 5.73. The highest BCUT2D eigenvalue weighted by Gasteiger charge is 2.23. The number of hydrogen-bond acceptors (Lipinski definition) is 5. The standard InChI is InChI=1S/C16H17N5OS/c1-2-14-19-20-15-6-4-11(8-21(14)15)18-16(22)10-3-5-12-13(7-10)23-9-17-12/h3,5,7,9,11H,2,4,6,8H2,1H3,(H,18,22)/t11-/m0/s1. The number of carbonyl (C=O) groups excluding carboxylic acids is 1. The quantitative estimate of drug-likeness (QED) is 0.800. The maximum absolute atomic E-state index is 12.5. The Bertz CT molecular complexity index is 855.